The Bertz CT molecular complexity index is 568. The number of nitrogens with zero attached hydrogens (tertiary/aromatic N) is 4. The number of rotatable bonds is 3. The molecule has 0 amide bonds. The molecule has 2 heterocycles. The summed E-state index contributed by atoms with van der Waals surface area (Å²) in [5, 5.41) is 19.1. The van der Waals surface area contributed by atoms with Gasteiger partial charge in [-0.1, -0.05) is 26.0 Å². The summed E-state index contributed by atoms with van der Waals surface area (Å²) in [6, 6.07) is 0. The Balaban J connectivity index is 2.14. The van der Waals surface area contributed by atoms with Gasteiger partial charge >= 0.3 is 5.97 Å². The molecule has 0 fully saturated rings. The van der Waals surface area contributed by atoms with Gasteiger partial charge in [0.2, 0.25) is 0 Å². The van der Waals surface area contributed by atoms with Crippen LogP contribution in [0, 0.1) is 0 Å². The highest BCUT2D eigenvalue weighted by Crippen LogP contribution is 2.25. The second-order valence-corrected chi connectivity index (χ2v) is 5.86. The first-order valence-electron chi connectivity index (χ1n) is 5.44. The highest BCUT2D eigenvalue weighted by molar-refractivity contribution is 7.09. The highest BCUT2D eigenvalue weighted by Gasteiger charge is 2.18. The SMILES string of the molecule is CC(C)(C)c1nc(Cn2cc(C(=O)O)nn2)cs1. The first-order chi connectivity index (χ1) is 8.36. The molecule has 96 valence electrons. The minimum atomic E-state index is -1.07. The van der Waals surface area contributed by atoms with E-state index >= 15 is 0 Å². The zero-order valence-electron chi connectivity index (χ0n) is 10.4. The minimum absolute atomic E-state index is 0.0253. The van der Waals surface area contributed by atoms with Crippen LogP contribution in [0.2, 0.25) is 0 Å². The lowest BCUT2D eigenvalue weighted by Gasteiger charge is -2.13. The van der Waals surface area contributed by atoms with Gasteiger partial charge in [-0.05, 0) is 0 Å². The maximum atomic E-state index is 10.7. The average Bonchev–Trinajstić information content (AvgIpc) is 2.85. The lowest BCUT2D eigenvalue weighted by atomic mass is 9.98. The number of aromatic nitrogens is 4. The Morgan fingerprint density at radius 1 is 1.50 bits per heavy atom. The summed E-state index contributed by atoms with van der Waals surface area (Å²) in [5.41, 5.74) is 0.838. The number of carboxylic acid groups (broad SMARTS) is 1. The van der Waals surface area contributed by atoms with Crippen molar-refractivity contribution in [3.63, 3.8) is 0 Å². The maximum Gasteiger partial charge on any atom is 0.358 e. The standard InChI is InChI=1S/C11H14N4O2S/c1-11(2,3)10-12-7(6-18-10)4-15-5-8(9(16)17)13-14-15/h5-6H,4H2,1-3H3,(H,16,17). The number of carbonyl (C=O) groups is 1. The van der Waals surface area contributed by atoms with Gasteiger partial charge in [-0.2, -0.15) is 0 Å². The average molecular weight is 266 g/mol. The third-order valence-electron chi connectivity index (χ3n) is 2.28. The second-order valence-electron chi connectivity index (χ2n) is 5.00. The lowest BCUT2D eigenvalue weighted by molar-refractivity contribution is 0.0690. The van der Waals surface area contributed by atoms with Gasteiger partial charge in [-0.15, -0.1) is 16.4 Å². The largest absolute Gasteiger partial charge is 0.476 e. The van der Waals surface area contributed by atoms with Crippen molar-refractivity contribution in [2.24, 2.45) is 0 Å². The summed E-state index contributed by atoms with van der Waals surface area (Å²) in [6.45, 7) is 6.75. The molecule has 18 heavy (non-hydrogen) atoms. The van der Waals surface area contributed by atoms with Crippen LogP contribution in [0.3, 0.4) is 0 Å². The van der Waals surface area contributed by atoms with Gasteiger partial charge in [-0.3, -0.25) is 0 Å². The summed E-state index contributed by atoms with van der Waals surface area (Å²) < 4.78 is 1.48. The van der Waals surface area contributed by atoms with E-state index in [-0.39, 0.29) is 11.1 Å². The zero-order valence-corrected chi connectivity index (χ0v) is 11.2. The number of hydrogen-bond acceptors (Lipinski definition) is 5. The van der Waals surface area contributed by atoms with Gasteiger partial charge in [0.25, 0.3) is 0 Å². The van der Waals surface area contributed by atoms with E-state index in [4.69, 9.17) is 5.11 Å². The molecule has 0 aromatic carbocycles. The molecule has 2 aromatic heterocycles. The number of carboxylic acids is 1. The van der Waals surface area contributed by atoms with Crippen molar-refractivity contribution in [1.29, 1.82) is 0 Å². The van der Waals surface area contributed by atoms with Crippen LogP contribution in [0.15, 0.2) is 11.6 Å². The minimum Gasteiger partial charge on any atom is -0.476 e. The summed E-state index contributed by atoms with van der Waals surface area (Å²) >= 11 is 1.60. The smallest absolute Gasteiger partial charge is 0.358 e. The molecule has 0 saturated carbocycles. The van der Waals surface area contributed by atoms with Crippen LogP contribution in [0.4, 0.5) is 0 Å². The Morgan fingerprint density at radius 2 is 2.22 bits per heavy atom. The van der Waals surface area contributed by atoms with Crippen LogP contribution in [0.25, 0.3) is 0 Å². The summed E-state index contributed by atoms with van der Waals surface area (Å²) in [6.07, 6.45) is 1.40. The fraction of sp³-hybridized carbons (Fsp3) is 0.455. The van der Waals surface area contributed by atoms with Gasteiger partial charge in [0.15, 0.2) is 5.69 Å². The van der Waals surface area contributed by atoms with Crippen LogP contribution in [0.5, 0.6) is 0 Å². The number of hydrogen-bond donors (Lipinski definition) is 1. The molecule has 2 rings (SSSR count). The summed E-state index contributed by atoms with van der Waals surface area (Å²) in [7, 11) is 0. The molecule has 7 heteroatoms. The van der Waals surface area contributed by atoms with Crippen molar-refractivity contribution in [3.05, 3.63) is 28.0 Å². The molecule has 0 radical (unpaired) electrons. The molecular weight excluding hydrogens is 252 g/mol. The third-order valence-corrected chi connectivity index (χ3v) is 3.59. The monoisotopic (exact) mass is 266 g/mol. The summed E-state index contributed by atoms with van der Waals surface area (Å²) in [4.78, 5) is 15.2. The molecular formula is C11H14N4O2S. The predicted molar refractivity (Wildman–Crippen MR) is 66.9 cm³/mol. The molecule has 0 aliphatic carbocycles. The Labute approximate surface area is 108 Å². The van der Waals surface area contributed by atoms with E-state index in [1.807, 2.05) is 5.38 Å². The number of thiazole rings is 1. The summed E-state index contributed by atoms with van der Waals surface area (Å²) in [5.74, 6) is -1.07. The van der Waals surface area contributed by atoms with Crippen LogP contribution in [0.1, 0.15) is 42.0 Å². The van der Waals surface area contributed by atoms with Crippen LogP contribution >= 0.6 is 11.3 Å². The first-order valence-corrected chi connectivity index (χ1v) is 6.32. The van der Waals surface area contributed by atoms with Crippen molar-refractivity contribution < 1.29 is 9.90 Å². The normalized spacial score (nSPS) is 11.7. The molecule has 1 N–H and O–H groups in total. The van der Waals surface area contributed by atoms with Gasteiger partial charge < -0.3 is 5.11 Å². The quantitative estimate of drug-likeness (QED) is 0.915. The van der Waals surface area contributed by atoms with Crippen molar-refractivity contribution in [1.82, 2.24) is 20.0 Å². The number of aromatic carboxylic acids is 1. The Kier molecular flexibility index (Phi) is 3.16. The zero-order chi connectivity index (χ0) is 13.3. The van der Waals surface area contributed by atoms with E-state index in [1.54, 1.807) is 11.3 Å². The van der Waals surface area contributed by atoms with Gasteiger partial charge in [0.05, 0.1) is 23.4 Å². The van der Waals surface area contributed by atoms with Crippen molar-refractivity contribution >= 4 is 17.3 Å². The molecule has 2 aromatic rings. The van der Waals surface area contributed by atoms with E-state index in [0.717, 1.165) is 10.7 Å². The van der Waals surface area contributed by atoms with E-state index in [0.29, 0.717) is 6.54 Å². The first kappa shape index (κ1) is 12.7. The van der Waals surface area contributed by atoms with E-state index < -0.39 is 5.97 Å². The fourth-order valence-corrected chi connectivity index (χ4v) is 2.26. The van der Waals surface area contributed by atoms with E-state index in [9.17, 15) is 4.79 Å². The molecule has 0 spiro atoms. The maximum absolute atomic E-state index is 10.7. The fourth-order valence-electron chi connectivity index (χ4n) is 1.36. The predicted octanol–water partition coefficient (Wildman–Crippen LogP) is 1.78. The lowest BCUT2D eigenvalue weighted by Crippen LogP contribution is -2.11. The molecule has 6 nitrogen and oxygen atoms in total. The molecule has 0 saturated heterocycles. The molecule has 0 aliphatic heterocycles. The van der Waals surface area contributed by atoms with Crippen LogP contribution < -0.4 is 0 Å². The topological polar surface area (TPSA) is 80.9 Å². The van der Waals surface area contributed by atoms with Crippen molar-refractivity contribution in [2.45, 2.75) is 32.7 Å². The Morgan fingerprint density at radius 3 is 2.72 bits per heavy atom. The van der Waals surface area contributed by atoms with Crippen LogP contribution in [-0.4, -0.2) is 31.1 Å². The molecule has 0 aliphatic rings. The molecule has 0 unspecified atom stereocenters. The van der Waals surface area contributed by atoms with Crippen LogP contribution in [-0.2, 0) is 12.0 Å². The van der Waals surface area contributed by atoms with Gasteiger partial charge in [0.1, 0.15) is 0 Å². The van der Waals surface area contributed by atoms with Gasteiger partial charge in [-0.25, -0.2) is 14.5 Å². The molecule has 0 bridgehead atoms. The van der Waals surface area contributed by atoms with Crippen molar-refractivity contribution in [2.75, 3.05) is 0 Å². The van der Waals surface area contributed by atoms with E-state index in [1.165, 1.54) is 10.9 Å². The van der Waals surface area contributed by atoms with E-state index in [2.05, 4.69) is 36.1 Å². The van der Waals surface area contributed by atoms with Crippen molar-refractivity contribution in [3.8, 4) is 0 Å². The Hall–Kier alpha value is -1.76. The molecule has 0 atom stereocenters. The van der Waals surface area contributed by atoms with Gasteiger partial charge in [0, 0.05) is 10.8 Å². The second kappa shape index (κ2) is 4.49. The highest BCUT2D eigenvalue weighted by atomic mass is 32.1. The third kappa shape index (κ3) is 2.73.